The van der Waals surface area contributed by atoms with Gasteiger partial charge in [-0.15, -0.1) is 0 Å². The number of hydrogen-bond donors (Lipinski definition) is 2. The minimum Gasteiger partial charge on any atom is -0.481 e. The van der Waals surface area contributed by atoms with Gasteiger partial charge in [0, 0.05) is 40.7 Å². The number of nitrogens with zero attached hydrogens (tertiary/aromatic N) is 2. The van der Waals surface area contributed by atoms with Gasteiger partial charge >= 0.3 is 5.97 Å². The van der Waals surface area contributed by atoms with Crippen molar-refractivity contribution in [1.29, 1.82) is 0 Å². The van der Waals surface area contributed by atoms with E-state index in [0.717, 1.165) is 52.0 Å². The molecule has 2 aromatic heterocycles. The largest absolute Gasteiger partial charge is 0.481 e. The normalized spacial score (nSPS) is 19.0. The second kappa shape index (κ2) is 8.75. The monoisotopic (exact) mass is 481 g/mol. The number of halogens is 2. The van der Waals surface area contributed by atoms with Crippen LogP contribution in [0.15, 0.2) is 36.5 Å². The molecule has 2 aromatic carbocycles. The molecule has 0 aliphatic heterocycles. The van der Waals surface area contributed by atoms with E-state index in [1.807, 2.05) is 10.6 Å². The second-order valence-electron chi connectivity index (χ2n) is 10.2. The quantitative estimate of drug-likeness (QED) is 0.350. The summed E-state index contributed by atoms with van der Waals surface area (Å²) in [5.41, 5.74) is 3.91. The van der Waals surface area contributed by atoms with Gasteiger partial charge in [0.05, 0.1) is 29.8 Å². The Morgan fingerprint density at radius 1 is 1.17 bits per heavy atom. The lowest BCUT2D eigenvalue weighted by Crippen LogP contribution is -2.29. The molecule has 1 fully saturated rings. The number of aromatic nitrogens is 3. The third kappa shape index (κ3) is 3.99. The summed E-state index contributed by atoms with van der Waals surface area (Å²) in [7, 11) is 1.65. The van der Waals surface area contributed by atoms with Crippen molar-refractivity contribution < 1.29 is 23.4 Å². The van der Waals surface area contributed by atoms with Crippen LogP contribution in [0.5, 0.6) is 0 Å². The average molecular weight is 482 g/mol. The predicted molar refractivity (Wildman–Crippen MR) is 130 cm³/mol. The van der Waals surface area contributed by atoms with Crippen LogP contribution in [0.4, 0.5) is 8.78 Å². The highest BCUT2D eigenvalue weighted by molar-refractivity contribution is 5.99. The van der Waals surface area contributed by atoms with E-state index in [0.29, 0.717) is 25.1 Å². The molecule has 0 bridgehead atoms. The Balaban J connectivity index is 1.83. The Hall–Kier alpha value is -3.26. The van der Waals surface area contributed by atoms with Gasteiger partial charge in [0.1, 0.15) is 0 Å². The van der Waals surface area contributed by atoms with E-state index in [1.165, 1.54) is 6.07 Å². The van der Waals surface area contributed by atoms with E-state index in [2.05, 4.69) is 30.1 Å². The Kier molecular flexibility index (Phi) is 5.87. The molecule has 1 saturated carbocycles. The third-order valence-corrected chi connectivity index (χ3v) is 7.36. The zero-order valence-corrected chi connectivity index (χ0v) is 20.1. The van der Waals surface area contributed by atoms with Crippen molar-refractivity contribution >= 4 is 27.8 Å². The molecule has 35 heavy (non-hydrogen) atoms. The molecule has 0 unspecified atom stereocenters. The summed E-state index contributed by atoms with van der Waals surface area (Å²) < 4.78 is 35.9. The molecule has 1 aliphatic rings. The van der Waals surface area contributed by atoms with Crippen LogP contribution in [-0.4, -0.2) is 39.6 Å². The van der Waals surface area contributed by atoms with Gasteiger partial charge < -0.3 is 14.4 Å². The number of benzene rings is 2. The molecule has 1 aliphatic carbocycles. The van der Waals surface area contributed by atoms with Crippen molar-refractivity contribution in [3.05, 3.63) is 59.4 Å². The summed E-state index contributed by atoms with van der Waals surface area (Å²) in [5, 5.41) is 18.7. The number of carboxylic acids is 1. The van der Waals surface area contributed by atoms with Crippen LogP contribution >= 0.6 is 0 Å². The van der Waals surface area contributed by atoms with Crippen LogP contribution in [0.1, 0.15) is 56.7 Å². The van der Waals surface area contributed by atoms with Gasteiger partial charge in [-0.25, -0.2) is 8.78 Å². The molecule has 0 atom stereocenters. The van der Waals surface area contributed by atoms with Crippen molar-refractivity contribution in [3.63, 3.8) is 0 Å². The highest BCUT2D eigenvalue weighted by Crippen LogP contribution is 2.47. The van der Waals surface area contributed by atoms with Gasteiger partial charge in [-0.05, 0) is 61.4 Å². The van der Waals surface area contributed by atoms with E-state index in [1.54, 1.807) is 19.4 Å². The maximum atomic E-state index is 14.4. The van der Waals surface area contributed by atoms with Gasteiger partial charge in [0.2, 0.25) is 0 Å². The Morgan fingerprint density at radius 3 is 2.57 bits per heavy atom. The highest BCUT2D eigenvalue weighted by atomic mass is 19.2. The molecule has 2 N–H and O–H groups in total. The van der Waals surface area contributed by atoms with Crippen LogP contribution in [0, 0.1) is 17.6 Å². The van der Waals surface area contributed by atoms with Crippen molar-refractivity contribution in [1.82, 2.24) is 14.8 Å². The van der Waals surface area contributed by atoms with Crippen LogP contribution in [0.2, 0.25) is 0 Å². The maximum Gasteiger partial charge on any atom is 0.306 e. The van der Waals surface area contributed by atoms with E-state index in [9.17, 15) is 18.7 Å². The van der Waals surface area contributed by atoms with Crippen LogP contribution in [-0.2, 0) is 14.9 Å². The van der Waals surface area contributed by atoms with Gasteiger partial charge in [0.25, 0.3) is 0 Å². The second-order valence-corrected chi connectivity index (χ2v) is 10.2. The van der Waals surface area contributed by atoms with Gasteiger partial charge in [-0.1, -0.05) is 13.8 Å². The van der Waals surface area contributed by atoms with E-state index < -0.39 is 23.0 Å². The molecule has 0 radical (unpaired) electrons. The molecule has 0 saturated heterocycles. The number of ether oxygens (including phenoxy) is 1. The van der Waals surface area contributed by atoms with E-state index >= 15 is 0 Å². The summed E-state index contributed by atoms with van der Waals surface area (Å²) in [6.45, 7) is 4.59. The number of hydrogen-bond acceptors (Lipinski definition) is 3. The van der Waals surface area contributed by atoms with Crippen molar-refractivity contribution in [2.45, 2.75) is 50.9 Å². The first-order valence-electron chi connectivity index (χ1n) is 11.9. The number of fused-ring (bicyclic) bond motifs is 2. The number of nitrogens with one attached hydrogen (secondary N) is 1. The smallest absolute Gasteiger partial charge is 0.306 e. The topological polar surface area (TPSA) is 80.1 Å². The lowest BCUT2D eigenvalue weighted by Gasteiger charge is -2.32. The van der Waals surface area contributed by atoms with Crippen LogP contribution in [0.25, 0.3) is 27.5 Å². The number of aromatic amines is 1. The number of rotatable bonds is 6. The third-order valence-electron chi connectivity index (χ3n) is 7.36. The van der Waals surface area contributed by atoms with Crippen molar-refractivity contribution in [2.24, 2.45) is 5.92 Å². The average Bonchev–Trinajstić information content (AvgIpc) is 3.41. The minimum atomic E-state index is -0.909. The first kappa shape index (κ1) is 23.5. The Morgan fingerprint density at radius 2 is 1.91 bits per heavy atom. The standard InChI is InChI=1S/C27H29F2N3O3/c1-27(2,14-35-3)25-24(15-4-6-16(7-5-15)26(33)34)19-12-22-17(13-30-31-22)10-23(19)32(25)18-8-9-20(28)21(29)11-18/h8-13,15-16H,4-7,14H2,1-3H3,(H,30,31)(H,33,34). The fourth-order valence-electron chi connectivity index (χ4n) is 5.78. The van der Waals surface area contributed by atoms with Crippen molar-refractivity contribution in [3.8, 4) is 5.69 Å². The molecule has 8 heteroatoms. The Bertz CT molecular complexity index is 1410. The molecular weight excluding hydrogens is 452 g/mol. The fourth-order valence-corrected chi connectivity index (χ4v) is 5.78. The Labute approximate surface area is 201 Å². The SMILES string of the molecule is COCC(C)(C)c1c(C2CCC(C(=O)O)CC2)c2cc3[nH]ncc3cc2n1-c1ccc(F)c(F)c1. The number of carbonyl (C=O) groups is 1. The highest BCUT2D eigenvalue weighted by Gasteiger charge is 2.37. The number of H-pyrrole nitrogens is 1. The lowest BCUT2D eigenvalue weighted by atomic mass is 9.75. The van der Waals surface area contributed by atoms with Gasteiger partial charge in [-0.2, -0.15) is 5.10 Å². The summed E-state index contributed by atoms with van der Waals surface area (Å²) >= 11 is 0. The summed E-state index contributed by atoms with van der Waals surface area (Å²) in [5.74, 6) is -2.75. The zero-order chi connectivity index (χ0) is 24.9. The van der Waals surface area contributed by atoms with Crippen molar-refractivity contribution in [2.75, 3.05) is 13.7 Å². The summed E-state index contributed by atoms with van der Waals surface area (Å²) in [6, 6.07) is 8.06. The first-order chi connectivity index (χ1) is 16.7. The number of methoxy groups -OCH3 is 1. The molecule has 6 nitrogen and oxygen atoms in total. The molecule has 0 spiro atoms. The molecule has 5 rings (SSSR count). The lowest BCUT2D eigenvalue weighted by molar-refractivity contribution is -0.142. The predicted octanol–water partition coefficient (Wildman–Crippen LogP) is 6.07. The minimum absolute atomic E-state index is 0.131. The van der Waals surface area contributed by atoms with E-state index in [4.69, 9.17) is 4.74 Å². The first-order valence-corrected chi connectivity index (χ1v) is 11.9. The molecule has 4 aromatic rings. The summed E-state index contributed by atoms with van der Waals surface area (Å²) in [4.78, 5) is 11.6. The number of carboxylic acid groups (broad SMARTS) is 1. The fraction of sp³-hybridized carbons (Fsp3) is 0.407. The van der Waals surface area contributed by atoms with Crippen LogP contribution in [0.3, 0.4) is 0 Å². The summed E-state index contributed by atoms with van der Waals surface area (Å²) in [6.07, 6.45) is 4.44. The van der Waals surface area contributed by atoms with Gasteiger partial charge in [-0.3, -0.25) is 9.89 Å². The van der Waals surface area contributed by atoms with Crippen LogP contribution < -0.4 is 0 Å². The molecule has 184 valence electrons. The molecule has 0 amide bonds. The van der Waals surface area contributed by atoms with E-state index in [-0.39, 0.29) is 11.8 Å². The number of aliphatic carboxylic acids is 1. The molecule has 2 heterocycles. The zero-order valence-electron chi connectivity index (χ0n) is 20.1. The molecular formula is C27H29F2N3O3. The maximum absolute atomic E-state index is 14.4. The van der Waals surface area contributed by atoms with Gasteiger partial charge in [0.15, 0.2) is 11.6 Å².